The van der Waals surface area contributed by atoms with Gasteiger partial charge in [0.15, 0.2) is 11.5 Å². The second kappa shape index (κ2) is 4.22. The van der Waals surface area contributed by atoms with Crippen LogP contribution in [0.2, 0.25) is 0 Å². The van der Waals surface area contributed by atoms with Crippen molar-refractivity contribution in [3.63, 3.8) is 0 Å². The van der Waals surface area contributed by atoms with E-state index in [1.54, 1.807) is 0 Å². The van der Waals surface area contributed by atoms with Crippen molar-refractivity contribution >= 4 is 21.4 Å². The van der Waals surface area contributed by atoms with Crippen LogP contribution in [-0.2, 0) is 0 Å². The Morgan fingerprint density at radius 3 is 2.94 bits per heavy atom. The predicted molar refractivity (Wildman–Crippen MR) is 71.5 cm³/mol. The predicted octanol–water partition coefficient (Wildman–Crippen LogP) is 4.19. The van der Waals surface area contributed by atoms with Gasteiger partial charge in [-0.3, -0.25) is 0 Å². The molecule has 1 aromatic carbocycles. The standard InChI is InChI=1S/C14H16O2S/c1-3-9(2)12-8-10-4-5-11-13(14(10)17-12)16-7-6-15-11/h4-5,8-9H,3,6-7H2,1-2H3. The minimum absolute atomic E-state index is 0.618. The van der Waals surface area contributed by atoms with Crippen LogP contribution in [0.25, 0.3) is 10.1 Å². The number of thiophene rings is 1. The molecule has 1 aliphatic rings. The molecule has 1 atom stereocenters. The van der Waals surface area contributed by atoms with Crippen molar-refractivity contribution in [1.82, 2.24) is 0 Å². The molecule has 2 aromatic rings. The van der Waals surface area contributed by atoms with Crippen LogP contribution in [0.1, 0.15) is 31.1 Å². The van der Waals surface area contributed by atoms with Crippen LogP contribution < -0.4 is 9.47 Å². The van der Waals surface area contributed by atoms with Gasteiger partial charge in [0.2, 0.25) is 0 Å². The van der Waals surface area contributed by atoms with Gasteiger partial charge in [-0.1, -0.05) is 13.8 Å². The molecule has 2 nitrogen and oxygen atoms in total. The first-order valence-corrected chi connectivity index (χ1v) is 6.93. The van der Waals surface area contributed by atoms with Crippen LogP contribution in [0.5, 0.6) is 11.5 Å². The molecule has 90 valence electrons. The summed E-state index contributed by atoms with van der Waals surface area (Å²) >= 11 is 1.84. The maximum atomic E-state index is 5.75. The second-order valence-electron chi connectivity index (χ2n) is 4.47. The molecule has 3 rings (SSSR count). The highest BCUT2D eigenvalue weighted by molar-refractivity contribution is 7.19. The van der Waals surface area contributed by atoms with Crippen molar-refractivity contribution in [2.24, 2.45) is 0 Å². The number of ether oxygens (including phenoxy) is 2. The fraction of sp³-hybridized carbons (Fsp3) is 0.429. The van der Waals surface area contributed by atoms with Gasteiger partial charge < -0.3 is 9.47 Å². The molecule has 0 amide bonds. The van der Waals surface area contributed by atoms with E-state index in [1.165, 1.54) is 21.4 Å². The van der Waals surface area contributed by atoms with E-state index in [9.17, 15) is 0 Å². The average Bonchev–Trinajstić information content (AvgIpc) is 2.82. The summed E-state index contributed by atoms with van der Waals surface area (Å²) < 4.78 is 12.6. The molecule has 3 heteroatoms. The number of rotatable bonds is 2. The second-order valence-corrected chi connectivity index (χ2v) is 5.55. The summed E-state index contributed by atoms with van der Waals surface area (Å²) in [7, 11) is 0. The van der Waals surface area contributed by atoms with Crippen LogP contribution in [0.4, 0.5) is 0 Å². The van der Waals surface area contributed by atoms with E-state index in [0.29, 0.717) is 19.1 Å². The molecule has 0 bridgehead atoms. The minimum Gasteiger partial charge on any atom is -0.486 e. The van der Waals surface area contributed by atoms with Gasteiger partial charge in [-0.2, -0.15) is 0 Å². The Hall–Kier alpha value is -1.22. The molecule has 0 N–H and O–H groups in total. The third kappa shape index (κ3) is 1.78. The van der Waals surface area contributed by atoms with E-state index < -0.39 is 0 Å². The van der Waals surface area contributed by atoms with Gasteiger partial charge in [0, 0.05) is 4.88 Å². The van der Waals surface area contributed by atoms with Crippen molar-refractivity contribution < 1.29 is 9.47 Å². The molecule has 0 aliphatic carbocycles. The summed E-state index contributed by atoms with van der Waals surface area (Å²) in [4.78, 5) is 1.44. The van der Waals surface area contributed by atoms with Crippen molar-refractivity contribution in [1.29, 1.82) is 0 Å². The topological polar surface area (TPSA) is 18.5 Å². The highest BCUT2D eigenvalue weighted by Gasteiger charge is 2.18. The quantitative estimate of drug-likeness (QED) is 0.793. The lowest BCUT2D eigenvalue weighted by atomic mass is 10.1. The fourth-order valence-corrected chi connectivity index (χ4v) is 3.36. The lowest BCUT2D eigenvalue weighted by Crippen LogP contribution is -2.15. The molecule has 1 aliphatic heterocycles. The van der Waals surface area contributed by atoms with E-state index in [2.05, 4.69) is 26.0 Å². The van der Waals surface area contributed by atoms with Crippen LogP contribution in [0.3, 0.4) is 0 Å². The molecular formula is C14H16O2S. The Bertz CT molecular complexity index is 544. The van der Waals surface area contributed by atoms with Crippen molar-refractivity contribution in [2.75, 3.05) is 13.2 Å². The highest BCUT2D eigenvalue weighted by Crippen LogP contribution is 2.43. The molecule has 17 heavy (non-hydrogen) atoms. The zero-order valence-electron chi connectivity index (χ0n) is 10.2. The summed E-state index contributed by atoms with van der Waals surface area (Å²) in [5.41, 5.74) is 0. The number of benzene rings is 1. The van der Waals surface area contributed by atoms with Crippen molar-refractivity contribution in [3.05, 3.63) is 23.1 Å². The molecule has 0 saturated carbocycles. The summed E-state index contributed by atoms with van der Waals surface area (Å²) in [6.07, 6.45) is 1.17. The third-order valence-corrected chi connectivity index (χ3v) is 4.69. The molecule has 0 radical (unpaired) electrons. The van der Waals surface area contributed by atoms with Crippen LogP contribution >= 0.6 is 11.3 Å². The van der Waals surface area contributed by atoms with Crippen LogP contribution in [0, 0.1) is 0 Å². The average molecular weight is 248 g/mol. The van der Waals surface area contributed by atoms with Gasteiger partial charge in [-0.25, -0.2) is 0 Å². The monoisotopic (exact) mass is 248 g/mol. The van der Waals surface area contributed by atoms with Crippen LogP contribution in [0.15, 0.2) is 18.2 Å². The lowest BCUT2D eigenvalue weighted by Gasteiger charge is -2.18. The van der Waals surface area contributed by atoms with Crippen LogP contribution in [-0.4, -0.2) is 13.2 Å². The number of hydrogen-bond donors (Lipinski definition) is 0. The Morgan fingerprint density at radius 1 is 1.29 bits per heavy atom. The Morgan fingerprint density at radius 2 is 2.12 bits per heavy atom. The SMILES string of the molecule is CCC(C)c1cc2ccc3c(c2s1)OCCO3. The first-order valence-electron chi connectivity index (χ1n) is 6.11. The zero-order valence-corrected chi connectivity index (χ0v) is 11.0. The van der Waals surface area contributed by atoms with Gasteiger partial charge in [0.25, 0.3) is 0 Å². The molecule has 0 spiro atoms. The Balaban J connectivity index is 2.15. The normalized spacial score (nSPS) is 16.1. The van der Waals surface area contributed by atoms with Gasteiger partial charge in [-0.05, 0) is 35.9 Å². The van der Waals surface area contributed by atoms with E-state index in [4.69, 9.17) is 9.47 Å². The minimum atomic E-state index is 0.618. The van der Waals surface area contributed by atoms with E-state index >= 15 is 0 Å². The summed E-state index contributed by atoms with van der Waals surface area (Å²) in [5.74, 6) is 2.45. The maximum absolute atomic E-state index is 5.75. The number of hydrogen-bond acceptors (Lipinski definition) is 3. The number of fused-ring (bicyclic) bond motifs is 3. The summed E-state index contributed by atoms with van der Waals surface area (Å²) in [6.45, 7) is 5.81. The largest absolute Gasteiger partial charge is 0.486 e. The van der Waals surface area contributed by atoms with Crippen molar-refractivity contribution in [2.45, 2.75) is 26.2 Å². The molecular weight excluding hydrogens is 232 g/mol. The van der Waals surface area contributed by atoms with Gasteiger partial charge in [0.05, 0.1) is 4.70 Å². The highest BCUT2D eigenvalue weighted by atomic mass is 32.1. The smallest absolute Gasteiger partial charge is 0.179 e. The molecule has 1 unspecified atom stereocenters. The lowest BCUT2D eigenvalue weighted by molar-refractivity contribution is 0.174. The van der Waals surface area contributed by atoms with E-state index in [0.717, 1.165) is 11.5 Å². The summed E-state index contributed by atoms with van der Waals surface area (Å²) in [6, 6.07) is 6.43. The molecule has 0 saturated heterocycles. The molecule has 2 heterocycles. The zero-order chi connectivity index (χ0) is 11.8. The third-order valence-electron chi connectivity index (χ3n) is 3.31. The van der Waals surface area contributed by atoms with Crippen molar-refractivity contribution in [3.8, 4) is 11.5 Å². The van der Waals surface area contributed by atoms with E-state index in [1.807, 2.05) is 17.4 Å². The first-order chi connectivity index (χ1) is 8.29. The van der Waals surface area contributed by atoms with Gasteiger partial charge in [-0.15, -0.1) is 11.3 Å². The fourth-order valence-electron chi connectivity index (χ4n) is 2.07. The molecule has 1 aromatic heterocycles. The Labute approximate surface area is 105 Å². The summed E-state index contributed by atoms with van der Waals surface area (Å²) in [5, 5.41) is 1.27. The first kappa shape index (κ1) is 10.9. The van der Waals surface area contributed by atoms with Gasteiger partial charge >= 0.3 is 0 Å². The molecule has 0 fully saturated rings. The van der Waals surface area contributed by atoms with E-state index in [-0.39, 0.29) is 0 Å². The van der Waals surface area contributed by atoms with Gasteiger partial charge in [0.1, 0.15) is 13.2 Å². The maximum Gasteiger partial charge on any atom is 0.179 e. The Kier molecular flexibility index (Phi) is 2.71.